The lowest BCUT2D eigenvalue weighted by molar-refractivity contribution is 0.0793. The molecule has 1 amide bonds. The Bertz CT molecular complexity index is 631. The van der Waals surface area contributed by atoms with Gasteiger partial charge in [0, 0.05) is 13.1 Å². The molecule has 1 aliphatic rings. The van der Waals surface area contributed by atoms with Crippen LogP contribution in [0.5, 0.6) is 0 Å². The minimum atomic E-state index is -0.205. The Kier molecular flexibility index (Phi) is 4.65. The van der Waals surface area contributed by atoms with Crippen molar-refractivity contribution in [3.63, 3.8) is 0 Å². The summed E-state index contributed by atoms with van der Waals surface area (Å²) in [5.74, 6) is 0. The molecule has 2 aromatic rings. The van der Waals surface area contributed by atoms with E-state index in [1.807, 2.05) is 41.3 Å². The first-order valence-electron chi connectivity index (χ1n) is 8.19. The highest BCUT2D eigenvalue weighted by molar-refractivity contribution is 5.67. The van der Waals surface area contributed by atoms with Gasteiger partial charge in [0.15, 0.2) is 0 Å². The summed E-state index contributed by atoms with van der Waals surface area (Å²) in [6.45, 7) is 4.12. The van der Waals surface area contributed by atoms with Crippen LogP contribution >= 0.6 is 0 Å². The van der Waals surface area contributed by atoms with Crippen molar-refractivity contribution in [3.05, 3.63) is 71.8 Å². The van der Waals surface area contributed by atoms with E-state index in [0.717, 1.165) is 31.5 Å². The maximum absolute atomic E-state index is 12.2. The molecule has 3 nitrogen and oxygen atoms in total. The van der Waals surface area contributed by atoms with Crippen LogP contribution in [-0.2, 0) is 16.8 Å². The molecule has 1 heterocycles. The molecule has 3 rings (SSSR count). The van der Waals surface area contributed by atoms with Gasteiger partial charge in [-0.25, -0.2) is 4.79 Å². The zero-order chi connectivity index (χ0) is 16.1. The molecule has 3 heteroatoms. The number of ether oxygens (including phenoxy) is 1. The van der Waals surface area contributed by atoms with Crippen LogP contribution in [0.2, 0.25) is 0 Å². The van der Waals surface area contributed by atoms with Gasteiger partial charge >= 0.3 is 6.09 Å². The van der Waals surface area contributed by atoms with Crippen LogP contribution in [0.3, 0.4) is 0 Å². The Morgan fingerprint density at radius 1 is 1.00 bits per heavy atom. The van der Waals surface area contributed by atoms with Crippen molar-refractivity contribution in [1.29, 1.82) is 0 Å². The Hall–Kier alpha value is -2.29. The van der Waals surface area contributed by atoms with E-state index >= 15 is 0 Å². The molecule has 0 aliphatic carbocycles. The summed E-state index contributed by atoms with van der Waals surface area (Å²) in [6, 6.07) is 20.4. The first kappa shape index (κ1) is 15.6. The summed E-state index contributed by atoms with van der Waals surface area (Å²) in [4.78, 5) is 14.0. The number of rotatable bonds is 3. The first-order valence-corrected chi connectivity index (χ1v) is 8.19. The van der Waals surface area contributed by atoms with Gasteiger partial charge in [-0.15, -0.1) is 0 Å². The Morgan fingerprint density at radius 3 is 2.17 bits per heavy atom. The van der Waals surface area contributed by atoms with Crippen molar-refractivity contribution in [2.24, 2.45) is 0 Å². The normalized spacial score (nSPS) is 16.8. The molecule has 0 atom stereocenters. The first-order chi connectivity index (χ1) is 11.2. The molecule has 2 aromatic carbocycles. The second-order valence-electron chi connectivity index (χ2n) is 6.45. The number of hydrogen-bond donors (Lipinski definition) is 0. The van der Waals surface area contributed by atoms with E-state index in [1.165, 1.54) is 5.56 Å². The zero-order valence-corrected chi connectivity index (χ0v) is 13.6. The van der Waals surface area contributed by atoms with Crippen LogP contribution in [0.4, 0.5) is 4.79 Å². The van der Waals surface area contributed by atoms with Crippen molar-refractivity contribution < 1.29 is 9.53 Å². The van der Waals surface area contributed by atoms with E-state index in [2.05, 4.69) is 31.2 Å². The number of amides is 1. The fraction of sp³-hybridized carbons (Fsp3) is 0.350. The number of carbonyl (C=O) groups excluding carboxylic acids is 1. The van der Waals surface area contributed by atoms with Crippen LogP contribution in [0, 0.1) is 0 Å². The summed E-state index contributed by atoms with van der Waals surface area (Å²) in [6.07, 6.45) is 1.73. The third kappa shape index (κ3) is 3.73. The molecule has 23 heavy (non-hydrogen) atoms. The molecule has 0 N–H and O–H groups in total. The fourth-order valence-corrected chi connectivity index (χ4v) is 3.12. The van der Waals surface area contributed by atoms with E-state index in [9.17, 15) is 4.79 Å². The highest BCUT2D eigenvalue weighted by Crippen LogP contribution is 2.34. The number of likely N-dealkylation sites (tertiary alicyclic amines) is 1. The van der Waals surface area contributed by atoms with Gasteiger partial charge in [-0.2, -0.15) is 0 Å². The van der Waals surface area contributed by atoms with Gasteiger partial charge < -0.3 is 9.64 Å². The second-order valence-corrected chi connectivity index (χ2v) is 6.45. The maximum Gasteiger partial charge on any atom is 0.410 e. The zero-order valence-electron chi connectivity index (χ0n) is 13.6. The number of benzene rings is 2. The van der Waals surface area contributed by atoms with Gasteiger partial charge in [-0.3, -0.25) is 0 Å². The quantitative estimate of drug-likeness (QED) is 0.842. The van der Waals surface area contributed by atoms with Gasteiger partial charge in [0.2, 0.25) is 0 Å². The molecule has 0 bridgehead atoms. The number of hydrogen-bond acceptors (Lipinski definition) is 2. The highest BCUT2D eigenvalue weighted by Gasteiger charge is 2.33. The topological polar surface area (TPSA) is 29.5 Å². The third-order valence-corrected chi connectivity index (χ3v) is 4.80. The summed E-state index contributed by atoms with van der Waals surface area (Å²) in [7, 11) is 0. The van der Waals surface area contributed by atoms with E-state index in [4.69, 9.17) is 4.74 Å². The molecule has 0 unspecified atom stereocenters. The van der Waals surface area contributed by atoms with Gasteiger partial charge in [0.25, 0.3) is 0 Å². The Labute approximate surface area is 137 Å². The lowest BCUT2D eigenvalue weighted by Crippen LogP contribution is -2.44. The summed E-state index contributed by atoms with van der Waals surface area (Å²) in [5, 5.41) is 0. The Morgan fingerprint density at radius 2 is 1.57 bits per heavy atom. The maximum atomic E-state index is 12.2. The van der Waals surface area contributed by atoms with Crippen LogP contribution < -0.4 is 0 Å². The molecule has 0 spiro atoms. The molecule has 0 radical (unpaired) electrons. The van der Waals surface area contributed by atoms with Crippen molar-refractivity contribution in [1.82, 2.24) is 4.90 Å². The molecule has 120 valence electrons. The van der Waals surface area contributed by atoms with E-state index < -0.39 is 0 Å². The predicted molar refractivity (Wildman–Crippen MR) is 91.2 cm³/mol. The summed E-state index contributed by atoms with van der Waals surface area (Å²) >= 11 is 0. The standard InChI is InChI=1S/C20H23NO2/c1-20(18-10-6-3-7-11-18)12-14-21(15-13-20)19(22)23-16-17-8-4-2-5-9-17/h2-11H,12-16H2,1H3. The monoisotopic (exact) mass is 309 g/mol. The average molecular weight is 309 g/mol. The van der Waals surface area contributed by atoms with Gasteiger partial charge in [-0.05, 0) is 29.4 Å². The number of nitrogens with zero attached hydrogens (tertiary/aromatic N) is 1. The summed E-state index contributed by atoms with van der Waals surface area (Å²) < 4.78 is 5.43. The van der Waals surface area contributed by atoms with Crippen LogP contribution in [-0.4, -0.2) is 24.1 Å². The number of piperidine rings is 1. The molecule has 0 saturated carbocycles. The van der Waals surface area contributed by atoms with E-state index in [1.54, 1.807) is 0 Å². The van der Waals surface area contributed by atoms with Crippen molar-refractivity contribution in [3.8, 4) is 0 Å². The lowest BCUT2D eigenvalue weighted by Gasteiger charge is -2.39. The fourth-order valence-electron chi connectivity index (χ4n) is 3.12. The SMILES string of the molecule is CC1(c2ccccc2)CCN(C(=O)OCc2ccccc2)CC1. The smallest absolute Gasteiger partial charge is 0.410 e. The van der Waals surface area contributed by atoms with Crippen LogP contribution in [0.1, 0.15) is 30.9 Å². The van der Waals surface area contributed by atoms with Crippen LogP contribution in [0.25, 0.3) is 0 Å². The Balaban J connectivity index is 1.53. The van der Waals surface area contributed by atoms with E-state index in [0.29, 0.717) is 6.61 Å². The minimum Gasteiger partial charge on any atom is -0.445 e. The molecule has 1 fully saturated rings. The van der Waals surface area contributed by atoms with Crippen LogP contribution in [0.15, 0.2) is 60.7 Å². The largest absolute Gasteiger partial charge is 0.445 e. The van der Waals surface area contributed by atoms with E-state index in [-0.39, 0.29) is 11.5 Å². The second kappa shape index (κ2) is 6.86. The third-order valence-electron chi connectivity index (χ3n) is 4.80. The molecule has 1 saturated heterocycles. The lowest BCUT2D eigenvalue weighted by atomic mass is 9.75. The molecular formula is C20H23NO2. The van der Waals surface area contributed by atoms with Gasteiger partial charge in [-0.1, -0.05) is 67.6 Å². The van der Waals surface area contributed by atoms with Crippen molar-refractivity contribution in [2.45, 2.75) is 31.8 Å². The predicted octanol–water partition coefficient (Wildman–Crippen LogP) is 4.38. The van der Waals surface area contributed by atoms with Gasteiger partial charge in [0.05, 0.1) is 0 Å². The van der Waals surface area contributed by atoms with Gasteiger partial charge in [0.1, 0.15) is 6.61 Å². The molecule has 0 aromatic heterocycles. The molecule has 1 aliphatic heterocycles. The van der Waals surface area contributed by atoms with Crippen molar-refractivity contribution in [2.75, 3.05) is 13.1 Å². The number of carbonyl (C=O) groups is 1. The van der Waals surface area contributed by atoms with Crippen molar-refractivity contribution >= 4 is 6.09 Å². The highest BCUT2D eigenvalue weighted by atomic mass is 16.6. The average Bonchev–Trinajstić information content (AvgIpc) is 2.62. The summed E-state index contributed by atoms with van der Waals surface area (Å²) in [5.41, 5.74) is 2.53. The minimum absolute atomic E-state index is 0.150. The molecular weight excluding hydrogens is 286 g/mol.